The second kappa shape index (κ2) is 35.7. The van der Waals surface area contributed by atoms with Gasteiger partial charge in [-0.05, 0) is 177 Å². The maximum absolute atomic E-state index is 8.60. The molecule has 21 aromatic rings. The molecule has 0 atom stereocenters. The van der Waals surface area contributed by atoms with E-state index in [-0.39, 0.29) is 23.5 Å². The molecule has 0 fully saturated rings. The molecule has 1 aliphatic carbocycles. The van der Waals surface area contributed by atoms with E-state index in [4.69, 9.17) is 36.8 Å². The molecular weight excluding hydrogens is 1530 g/mol. The number of hydrogen-bond donors (Lipinski definition) is 0. The van der Waals surface area contributed by atoms with E-state index in [2.05, 4.69) is 264 Å². The smallest absolute Gasteiger partial charge is 0.161 e. The van der Waals surface area contributed by atoms with Crippen LogP contribution in [0.25, 0.3) is 212 Å². The third-order valence-electron chi connectivity index (χ3n) is 22.6. The standard InChI is InChI=1S/C43H27N3.C37H25N3.C37H27N3/c1-2-10-28(11-3-1)29-12-6-14-31(24-29)40-26-41(32-15-7-13-30(25-32)33-16-9-23-44-27-33)46-43(45-40)39-22-21-38-35-18-5-4-17-34(35)36-19-8-20-37(39)42(36)38;1-2-10-29(11-3-1)37-39-35(24-36(40-37)31-14-6-13-30(23-31)32-15-8-22-38-25-32)28-20-18-27(19-21-28)34-17-7-12-26-9-4-5-16-33(26)34;1-2-27(34-22-10-16-28-12-6-7-21-35(28)34)15-9-20-33-25-36(40-37(39-33)29-13-4-3-5-14-29)31-18-8-17-30(24-31)32-19-11-23-38-26-32/h1-27H;1-25H;2-26H,1H2/b;;20-9+,27-15+/i;1D,2D,3D,10D,11D;. The lowest BCUT2D eigenvalue weighted by Crippen LogP contribution is -1.97. The van der Waals surface area contributed by atoms with Gasteiger partial charge in [0.1, 0.15) is 0 Å². The zero-order valence-corrected chi connectivity index (χ0v) is 68.3. The van der Waals surface area contributed by atoms with Gasteiger partial charge in [-0.2, -0.15) is 0 Å². The van der Waals surface area contributed by atoms with E-state index in [1.54, 1.807) is 24.8 Å². The molecule has 0 saturated carbocycles. The Morgan fingerprint density at radius 2 is 0.643 bits per heavy atom. The molecular formula is C117H79N9. The third-order valence-corrected chi connectivity index (χ3v) is 22.6. The number of fused-ring (bicyclic) bond motifs is 5. The lowest BCUT2D eigenvalue weighted by molar-refractivity contribution is 1.16. The van der Waals surface area contributed by atoms with Crippen molar-refractivity contribution in [2.45, 2.75) is 0 Å². The van der Waals surface area contributed by atoms with Gasteiger partial charge in [0.2, 0.25) is 0 Å². The molecule has 0 N–H and O–H groups in total. The van der Waals surface area contributed by atoms with Crippen molar-refractivity contribution in [1.29, 1.82) is 0 Å². The molecule has 6 heterocycles. The first-order valence-electron chi connectivity index (χ1n) is 44.2. The molecule has 15 aromatic carbocycles. The van der Waals surface area contributed by atoms with Crippen LogP contribution in [0, 0.1) is 0 Å². The summed E-state index contributed by atoms with van der Waals surface area (Å²) in [6.07, 6.45) is 18.9. The highest BCUT2D eigenvalue weighted by molar-refractivity contribution is 6.18. The molecule has 126 heavy (non-hydrogen) atoms. The predicted molar refractivity (Wildman–Crippen MR) is 521 cm³/mol. The third kappa shape index (κ3) is 16.6. The summed E-state index contributed by atoms with van der Waals surface area (Å²) in [5.74, 6) is 1.46. The van der Waals surface area contributed by atoms with Gasteiger partial charge in [0.25, 0.3) is 0 Å². The van der Waals surface area contributed by atoms with Crippen LogP contribution in [0.3, 0.4) is 0 Å². The van der Waals surface area contributed by atoms with Crippen LogP contribution >= 0.6 is 0 Å². The van der Waals surface area contributed by atoms with Crippen molar-refractivity contribution in [2.24, 2.45) is 0 Å². The van der Waals surface area contributed by atoms with Crippen molar-refractivity contribution in [1.82, 2.24) is 44.9 Å². The average molecular weight is 1620 g/mol. The van der Waals surface area contributed by atoms with Crippen molar-refractivity contribution in [3.05, 3.63) is 480 Å². The number of rotatable bonds is 17. The van der Waals surface area contributed by atoms with Crippen molar-refractivity contribution >= 4 is 44.0 Å². The molecule has 0 aliphatic heterocycles. The Kier molecular flexibility index (Phi) is 20.4. The Morgan fingerprint density at radius 1 is 0.254 bits per heavy atom. The van der Waals surface area contributed by atoms with Crippen LogP contribution in [0.5, 0.6) is 0 Å². The Bertz CT molecular complexity index is 7810. The van der Waals surface area contributed by atoms with Crippen LogP contribution in [0.4, 0.5) is 0 Å². The molecule has 6 aromatic heterocycles. The minimum Gasteiger partial charge on any atom is -0.264 e. The molecule has 0 radical (unpaired) electrons. The normalized spacial score (nSPS) is 11.9. The Labute approximate surface area is 739 Å². The minimum absolute atomic E-state index is 0.0418. The number of aromatic nitrogens is 9. The van der Waals surface area contributed by atoms with E-state index in [0.29, 0.717) is 23.0 Å². The molecule has 0 saturated heterocycles. The predicted octanol–water partition coefficient (Wildman–Crippen LogP) is 29.7. The summed E-state index contributed by atoms with van der Waals surface area (Å²) in [5.41, 5.74) is 29.3. The van der Waals surface area contributed by atoms with Crippen molar-refractivity contribution in [3.63, 3.8) is 0 Å². The highest BCUT2D eigenvalue weighted by Crippen LogP contribution is 2.50. The first-order valence-corrected chi connectivity index (χ1v) is 41.7. The molecule has 9 nitrogen and oxygen atoms in total. The summed E-state index contributed by atoms with van der Waals surface area (Å²) in [7, 11) is 0. The van der Waals surface area contributed by atoms with Gasteiger partial charge in [-0.25, -0.2) is 29.9 Å². The van der Waals surface area contributed by atoms with Gasteiger partial charge in [0.15, 0.2) is 17.5 Å². The molecule has 1 aliphatic rings. The van der Waals surface area contributed by atoms with Gasteiger partial charge in [0, 0.05) is 98.4 Å². The van der Waals surface area contributed by atoms with Crippen molar-refractivity contribution in [3.8, 4) is 168 Å². The highest BCUT2D eigenvalue weighted by atomic mass is 14.9. The molecule has 22 rings (SSSR count). The van der Waals surface area contributed by atoms with E-state index < -0.39 is 18.1 Å². The highest BCUT2D eigenvalue weighted by Gasteiger charge is 2.25. The van der Waals surface area contributed by atoms with E-state index in [9.17, 15) is 0 Å². The second-order valence-corrected chi connectivity index (χ2v) is 30.5. The maximum atomic E-state index is 8.60. The second-order valence-electron chi connectivity index (χ2n) is 30.5. The van der Waals surface area contributed by atoms with Crippen LogP contribution < -0.4 is 0 Å². The molecule has 0 spiro atoms. The summed E-state index contributed by atoms with van der Waals surface area (Å²) in [4.78, 5) is 42.8. The fourth-order valence-corrected chi connectivity index (χ4v) is 16.5. The lowest BCUT2D eigenvalue weighted by atomic mass is 9.97. The van der Waals surface area contributed by atoms with Crippen LogP contribution in [-0.4, -0.2) is 44.9 Å². The SMILES string of the molecule is C=C/C(=C\C=C\c1cc(-c2cccc(-c3cccnc3)c2)nc(-c2ccccc2)n1)c1cccc2ccccc12.[2H]c1c([2H])c([2H])c(-c2nc(-c3ccc(-c4cccc5ccccc45)cc3)cc(-c3cccc(-c4cccnc4)c3)n2)c([2H])c1[2H].c1ccc(-c2cccc(-c3cc(-c4cccc(-c5cccnc5)c4)nc(-c4ccc5c6c(cccc46)-c4ccccc4-5)n3)c2)cc1. The largest absolute Gasteiger partial charge is 0.264 e. The Morgan fingerprint density at radius 3 is 1.20 bits per heavy atom. The number of allylic oxidation sites excluding steroid dienone is 4. The Hall–Kier alpha value is -17.0. The number of nitrogens with zero attached hydrogens (tertiary/aromatic N) is 9. The van der Waals surface area contributed by atoms with Crippen LogP contribution in [-0.2, 0) is 0 Å². The molecule has 0 bridgehead atoms. The van der Waals surface area contributed by atoms with E-state index in [1.807, 2.05) is 170 Å². The van der Waals surface area contributed by atoms with Gasteiger partial charge >= 0.3 is 0 Å². The van der Waals surface area contributed by atoms with E-state index in [1.165, 1.54) is 44.0 Å². The van der Waals surface area contributed by atoms with Crippen LogP contribution in [0.1, 0.15) is 18.1 Å². The van der Waals surface area contributed by atoms with Crippen LogP contribution in [0.15, 0.2) is 468 Å². The van der Waals surface area contributed by atoms with Gasteiger partial charge in [-0.3, -0.25) is 15.0 Å². The topological polar surface area (TPSA) is 116 Å². The van der Waals surface area contributed by atoms with Gasteiger partial charge in [-0.15, -0.1) is 0 Å². The first kappa shape index (κ1) is 71.9. The van der Waals surface area contributed by atoms with Crippen LogP contribution in [0.2, 0.25) is 0 Å². The Balaban J connectivity index is 0.000000123. The summed E-state index contributed by atoms with van der Waals surface area (Å²) < 4.78 is 41.7. The molecule has 0 amide bonds. The number of hydrogen-bond acceptors (Lipinski definition) is 9. The summed E-state index contributed by atoms with van der Waals surface area (Å²) in [6, 6.07) is 127. The summed E-state index contributed by atoms with van der Waals surface area (Å²) in [6.45, 7) is 4.08. The summed E-state index contributed by atoms with van der Waals surface area (Å²) >= 11 is 0. The van der Waals surface area contributed by atoms with E-state index in [0.717, 1.165) is 139 Å². The zero-order chi connectivity index (χ0) is 88.7. The van der Waals surface area contributed by atoms with Gasteiger partial charge in [-0.1, -0.05) is 364 Å². The maximum Gasteiger partial charge on any atom is 0.161 e. The number of pyridine rings is 3. The average Bonchev–Trinajstić information content (AvgIpc) is 1.59. The molecule has 0 unspecified atom stereocenters. The zero-order valence-electron chi connectivity index (χ0n) is 73.3. The van der Waals surface area contributed by atoms with Gasteiger partial charge in [0.05, 0.1) is 41.0 Å². The fraction of sp³-hybridized carbons (Fsp3) is 0. The first-order chi connectivity index (χ1) is 64.5. The monoisotopic (exact) mass is 1610 g/mol. The van der Waals surface area contributed by atoms with Gasteiger partial charge < -0.3 is 0 Å². The van der Waals surface area contributed by atoms with E-state index >= 15 is 0 Å². The van der Waals surface area contributed by atoms with Crippen molar-refractivity contribution < 1.29 is 6.85 Å². The van der Waals surface area contributed by atoms with Crippen molar-refractivity contribution in [2.75, 3.05) is 0 Å². The minimum atomic E-state index is -0.460. The molecule has 592 valence electrons. The lowest BCUT2D eigenvalue weighted by Gasteiger charge is -2.13. The fourth-order valence-electron chi connectivity index (χ4n) is 16.5. The molecule has 9 heteroatoms. The number of benzene rings is 15. The quantitative estimate of drug-likeness (QED) is 0.0822. The summed E-state index contributed by atoms with van der Waals surface area (Å²) in [5, 5.41) is 7.16.